The minimum atomic E-state index is -1.54. The lowest BCUT2D eigenvalue weighted by Gasteiger charge is -2.18. The summed E-state index contributed by atoms with van der Waals surface area (Å²) >= 11 is 0. The number of rotatable bonds is 41. The number of aliphatic carboxylic acids is 5. The van der Waals surface area contributed by atoms with Gasteiger partial charge in [-0.05, 0) is 51.4 Å². The summed E-state index contributed by atoms with van der Waals surface area (Å²) in [5.41, 5.74) is 0. The molecule has 10 N–H and O–H groups in total. The maximum atomic E-state index is 12.5. The zero-order valence-corrected chi connectivity index (χ0v) is 36.8. The molecule has 350 valence electrons. The number of hydrogen-bond acceptors (Lipinski definition) is 10. The molecule has 0 aromatic carbocycles. The highest BCUT2D eigenvalue weighted by Crippen LogP contribution is 2.15. The summed E-state index contributed by atoms with van der Waals surface area (Å²) in [6.45, 7) is 0.243. The van der Waals surface area contributed by atoms with Crippen LogP contribution in [0.2, 0.25) is 0 Å². The van der Waals surface area contributed by atoms with E-state index in [2.05, 4.69) is 35.7 Å². The molecule has 0 rings (SSSR count). The van der Waals surface area contributed by atoms with E-state index in [1.54, 1.807) is 0 Å². The van der Waals surface area contributed by atoms with Gasteiger partial charge < -0.3 is 46.8 Å². The highest BCUT2D eigenvalue weighted by Gasteiger charge is 2.26. The number of carbonyl (C=O) groups excluding carboxylic acids is 4. The topological polar surface area (TPSA) is 315 Å². The van der Waals surface area contributed by atoms with E-state index < -0.39 is 96.9 Å². The van der Waals surface area contributed by atoms with E-state index in [9.17, 15) is 58.5 Å². The molecule has 0 fully saturated rings. The molecule has 61 heavy (non-hydrogen) atoms. The summed E-state index contributed by atoms with van der Waals surface area (Å²) in [5, 5.41) is 58.4. The van der Waals surface area contributed by atoms with Crippen molar-refractivity contribution in [2.45, 2.75) is 198 Å². The van der Waals surface area contributed by atoms with Crippen LogP contribution in [0, 0.1) is 0 Å². The van der Waals surface area contributed by atoms with Gasteiger partial charge in [0.1, 0.15) is 24.2 Å². The molecule has 0 heterocycles. The van der Waals surface area contributed by atoms with Crippen molar-refractivity contribution in [2.24, 2.45) is 0 Å². The maximum absolute atomic E-state index is 12.5. The van der Waals surface area contributed by atoms with Gasteiger partial charge in [0, 0.05) is 38.6 Å². The van der Waals surface area contributed by atoms with Crippen LogP contribution in [-0.2, 0) is 43.2 Å². The van der Waals surface area contributed by atoms with Gasteiger partial charge in [-0.1, -0.05) is 99.3 Å². The summed E-state index contributed by atoms with van der Waals surface area (Å²) in [4.78, 5) is 106. The number of hydrogen-bond donors (Lipinski definition) is 10. The summed E-state index contributed by atoms with van der Waals surface area (Å²) in [6.07, 6.45) is 16.7. The van der Waals surface area contributed by atoms with Crippen LogP contribution in [0.25, 0.3) is 0 Å². The molecular weight excluding hydrogens is 817 g/mol. The Balaban J connectivity index is 4.31. The number of unbranched alkanes of at least 4 members (excludes halogenated alkanes) is 16. The fourth-order valence-electron chi connectivity index (χ4n) is 6.50. The van der Waals surface area contributed by atoms with Gasteiger partial charge in [-0.2, -0.15) is 0 Å². The van der Waals surface area contributed by atoms with Crippen molar-refractivity contribution in [3.05, 3.63) is 0 Å². The van der Waals surface area contributed by atoms with Crippen molar-refractivity contribution in [1.29, 1.82) is 0 Å². The van der Waals surface area contributed by atoms with Crippen molar-refractivity contribution in [2.75, 3.05) is 6.54 Å². The molecule has 0 spiro atoms. The Morgan fingerprint density at radius 2 is 0.656 bits per heavy atom. The lowest BCUT2D eigenvalue weighted by atomic mass is 10.0. The van der Waals surface area contributed by atoms with E-state index in [-0.39, 0.29) is 38.6 Å². The SMILES string of the molecule is O=C(O)CCCCCCCCCCCCCCCCCCC(=O)N[C@@H](CCC(=O)N[C@@H](CCC(=O)N[C@@H](CCC(=O)NCCCC[C@H](NP)C(=O)O)C(=O)O)C(=O)O)C(=O)O. The molecule has 19 nitrogen and oxygen atoms in total. The van der Waals surface area contributed by atoms with Crippen LogP contribution in [-0.4, -0.2) is 110 Å². The van der Waals surface area contributed by atoms with Gasteiger partial charge in [0.05, 0.1) is 0 Å². The molecule has 0 radical (unpaired) electrons. The molecule has 0 aliphatic carbocycles. The summed E-state index contributed by atoms with van der Waals surface area (Å²) in [6, 6.07) is -5.10. The number of nitrogens with one attached hydrogen (secondary N) is 5. The molecular formula is C41H72N5O14P. The van der Waals surface area contributed by atoms with Crippen molar-refractivity contribution >= 4 is 62.9 Å². The van der Waals surface area contributed by atoms with Gasteiger partial charge in [-0.15, -0.1) is 0 Å². The Bertz CT molecular complexity index is 1350. The van der Waals surface area contributed by atoms with E-state index in [0.717, 1.165) is 51.4 Å². The first-order valence-corrected chi connectivity index (χ1v) is 22.4. The lowest BCUT2D eigenvalue weighted by molar-refractivity contribution is -0.144. The second-order valence-electron chi connectivity index (χ2n) is 15.4. The van der Waals surface area contributed by atoms with Crippen molar-refractivity contribution in [3.63, 3.8) is 0 Å². The molecule has 0 aromatic heterocycles. The van der Waals surface area contributed by atoms with E-state index in [0.29, 0.717) is 25.7 Å². The van der Waals surface area contributed by atoms with Gasteiger partial charge in [0.15, 0.2) is 0 Å². The number of carboxylic acids is 5. The second kappa shape index (κ2) is 36.3. The van der Waals surface area contributed by atoms with Gasteiger partial charge in [-0.3, -0.25) is 33.9 Å². The van der Waals surface area contributed by atoms with Crippen LogP contribution in [0.4, 0.5) is 0 Å². The quantitative estimate of drug-likeness (QED) is 0.0303. The molecule has 0 saturated heterocycles. The molecule has 0 bridgehead atoms. The van der Waals surface area contributed by atoms with Crippen molar-refractivity contribution < 1.29 is 68.7 Å². The van der Waals surface area contributed by atoms with Crippen LogP contribution >= 0.6 is 9.39 Å². The van der Waals surface area contributed by atoms with Crippen LogP contribution in [0.15, 0.2) is 0 Å². The Hall–Kier alpha value is -4.38. The number of carboxylic acid groups (broad SMARTS) is 5. The largest absolute Gasteiger partial charge is 0.481 e. The average Bonchev–Trinajstić information content (AvgIpc) is 3.19. The Labute approximate surface area is 361 Å². The van der Waals surface area contributed by atoms with E-state index in [4.69, 9.17) is 10.2 Å². The lowest BCUT2D eigenvalue weighted by Crippen LogP contribution is -2.45. The molecule has 0 aliphatic rings. The minimum absolute atomic E-state index is 0.131. The zero-order valence-electron chi connectivity index (χ0n) is 35.6. The first-order chi connectivity index (χ1) is 29.1. The smallest absolute Gasteiger partial charge is 0.326 e. The normalized spacial score (nSPS) is 12.9. The third-order valence-corrected chi connectivity index (χ3v) is 10.6. The van der Waals surface area contributed by atoms with Gasteiger partial charge in [0.2, 0.25) is 23.6 Å². The molecule has 0 aromatic rings. The number of carbonyl (C=O) groups is 9. The zero-order chi connectivity index (χ0) is 45.8. The molecule has 20 heteroatoms. The highest BCUT2D eigenvalue weighted by molar-refractivity contribution is 7.13. The standard InChI is InChI=1S/C41H72N5O14P/c47-33(42-28-18-17-19-32(46-61)41(59)60)25-22-29(38(53)54)44-35(49)27-24-31(40(57)58)45-36(50)26-23-30(39(55)56)43-34(48)20-15-13-11-9-7-5-3-1-2-4-6-8-10-12-14-16-21-37(51)52/h29-32,46H,1-28,61H2,(H,42,47)(H,43,48)(H,44,49)(H,45,50)(H,51,52)(H,53,54)(H,55,56)(H,57,58)(H,59,60)/t29-,30-,31-,32-/m0/s1. The van der Waals surface area contributed by atoms with Crippen LogP contribution in [0.5, 0.6) is 0 Å². The average molecular weight is 890 g/mol. The van der Waals surface area contributed by atoms with Crippen molar-refractivity contribution in [1.82, 2.24) is 26.4 Å². The minimum Gasteiger partial charge on any atom is -0.481 e. The monoisotopic (exact) mass is 889 g/mol. The second-order valence-corrected chi connectivity index (χ2v) is 15.8. The van der Waals surface area contributed by atoms with E-state index in [1.807, 2.05) is 0 Å². The van der Waals surface area contributed by atoms with Gasteiger partial charge in [0.25, 0.3) is 0 Å². The Morgan fingerprint density at radius 1 is 0.344 bits per heavy atom. The maximum Gasteiger partial charge on any atom is 0.326 e. The van der Waals surface area contributed by atoms with Crippen LogP contribution in [0.3, 0.4) is 0 Å². The molecule has 0 aliphatic heterocycles. The highest BCUT2D eigenvalue weighted by atomic mass is 31.0. The van der Waals surface area contributed by atoms with Crippen LogP contribution < -0.4 is 26.4 Å². The van der Waals surface area contributed by atoms with Gasteiger partial charge >= 0.3 is 29.8 Å². The van der Waals surface area contributed by atoms with Crippen LogP contribution in [0.1, 0.15) is 173 Å². The van der Waals surface area contributed by atoms with E-state index in [1.165, 1.54) is 44.9 Å². The summed E-state index contributed by atoms with van der Waals surface area (Å²) < 4.78 is 0. The summed E-state index contributed by atoms with van der Waals surface area (Å²) in [7, 11) is 2.14. The van der Waals surface area contributed by atoms with E-state index >= 15 is 0 Å². The first-order valence-electron chi connectivity index (χ1n) is 21.8. The summed E-state index contributed by atoms with van der Waals surface area (Å²) in [5.74, 6) is -8.54. The Kier molecular flexibility index (Phi) is 33.7. The predicted molar refractivity (Wildman–Crippen MR) is 228 cm³/mol. The third-order valence-electron chi connectivity index (χ3n) is 10.2. The third kappa shape index (κ3) is 33.0. The van der Waals surface area contributed by atoms with Crippen molar-refractivity contribution in [3.8, 4) is 0 Å². The fraction of sp³-hybridized carbons (Fsp3) is 0.780. The molecule has 5 atom stereocenters. The molecule has 1 unspecified atom stereocenters. The fourth-order valence-corrected chi connectivity index (χ4v) is 6.81. The predicted octanol–water partition coefficient (Wildman–Crippen LogP) is 4.26. The molecule has 0 saturated carbocycles. The Morgan fingerprint density at radius 3 is 0.984 bits per heavy atom. The van der Waals surface area contributed by atoms with Gasteiger partial charge in [-0.25, -0.2) is 14.4 Å². The number of amides is 4. The molecule has 4 amide bonds. The first kappa shape index (κ1) is 56.6.